The molecule has 1 atom stereocenters. The van der Waals surface area contributed by atoms with E-state index in [4.69, 9.17) is 4.74 Å². The number of carbonyl (C=O) groups is 2. The van der Waals surface area contributed by atoms with Gasteiger partial charge in [-0.3, -0.25) is 9.69 Å². The van der Waals surface area contributed by atoms with Gasteiger partial charge in [0.1, 0.15) is 6.61 Å². The average molecular weight is 364 g/mol. The van der Waals surface area contributed by atoms with E-state index in [0.29, 0.717) is 30.5 Å². The van der Waals surface area contributed by atoms with E-state index in [9.17, 15) is 9.59 Å². The van der Waals surface area contributed by atoms with Crippen LogP contribution in [0.15, 0.2) is 30.3 Å². The van der Waals surface area contributed by atoms with Crippen LogP contribution in [-0.4, -0.2) is 47.4 Å². The number of nitrogens with zero attached hydrogens (tertiary/aromatic N) is 2. The highest BCUT2D eigenvalue weighted by molar-refractivity contribution is 6.08. The van der Waals surface area contributed by atoms with Crippen molar-refractivity contribution in [3.8, 4) is 0 Å². The monoisotopic (exact) mass is 364 g/mol. The number of amides is 1. The van der Waals surface area contributed by atoms with Crippen molar-refractivity contribution in [2.24, 2.45) is 0 Å². The highest BCUT2D eigenvalue weighted by Gasteiger charge is 2.31. The molecular formula is C22H24N2O3. The van der Waals surface area contributed by atoms with E-state index in [1.165, 1.54) is 5.56 Å². The van der Waals surface area contributed by atoms with Crippen molar-refractivity contribution in [1.29, 1.82) is 0 Å². The predicted octanol–water partition coefficient (Wildman–Crippen LogP) is 3.10. The van der Waals surface area contributed by atoms with Crippen molar-refractivity contribution in [3.63, 3.8) is 0 Å². The van der Waals surface area contributed by atoms with Crippen molar-refractivity contribution < 1.29 is 14.3 Å². The number of piperidine rings is 1. The molecule has 0 radical (unpaired) electrons. The summed E-state index contributed by atoms with van der Waals surface area (Å²) in [6.07, 6.45) is 3.95. The molecule has 27 heavy (non-hydrogen) atoms. The van der Waals surface area contributed by atoms with Gasteiger partial charge in [0.2, 0.25) is 5.91 Å². The lowest BCUT2D eigenvalue weighted by Gasteiger charge is -2.37. The Morgan fingerprint density at radius 1 is 1.07 bits per heavy atom. The Kier molecular flexibility index (Phi) is 4.12. The number of likely N-dealkylation sites (tertiary alicyclic amines) is 2. The molecule has 140 valence electrons. The second-order valence-corrected chi connectivity index (χ2v) is 7.91. The van der Waals surface area contributed by atoms with E-state index >= 15 is 0 Å². The van der Waals surface area contributed by atoms with Crippen molar-refractivity contribution in [2.45, 2.75) is 44.9 Å². The lowest BCUT2D eigenvalue weighted by atomic mass is 9.93. The molecular weight excluding hydrogens is 340 g/mol. The van der Waals surface area contributed by atoms with Crippen molar-refractivity contribution in [2.75, 3.05) is 19.6 Å². The smallest absolute Gasteiger partial charge is 0.339 e. The summed E-state index contributed by atoms with van der Waals surface area (Å²) >= 11 is 0. The maximum atomic E-state index is 12.1. The summed E-state index contributed by atoms with van der Waals surface area (Å²) in [6.45, 7) is 4.13. The number of carbonyl (C=O) groups excluding carboxylic acids is 2. The molecule has 5 heteroatoms. The molecule has 0 aromatic heterocycles. The van der Waals surface area contributed by atoms with Gasteiger partial charge in [0, 0.05) is 37.5 Å². The Balaban J connectivity index is 1.42. The largest absolute Gasteiger partial charge is 0.457 e. The molecule has 3 heterocycles. The minimum atomic E-state index is -0.226. The zero-order valence-electron chi connectivity index (χ0n) is 15.4. The van der Waals surface area contributed by atoms with Crippen LogP contribution in [0.2, 0.25) is 0 Å². The summed E-state index contributed by atoms with van der Waals surface area (Å²) in [6, 6.07) is 10.5. The van der Waals surface area contributed by atoms with Crippen LogP contribution in [0.3, 0.4) is 0 Å². The maximum Gasteiger partial charge on any atom is 0.339 e. The second kappa shape index (κ2) is 6.64. The minimum Gasteiger partial charge on any atom is -0.457 e. The SMILES string of the molecule is O=C1OCc2ccc(CN3CCC[C@@H](N4CCCC4=O)C3)c3cccc1c23. The summed E-state index contributed by atoms with van der Waals surface area (Å²) in [5.41, 5.74) is 3.01. The Bertz CT molecular complexity index is 923. The fourth-order valence-electron chi connectivity index (χ4n) is 4.91. The van der Waals surface area contributed by atoms with Gasteiger partial charge in [-0.1, -0.05) is 24.3 Å². The van der Waals surface area contributed by atoms with Gasteiger partial charge in [-0.15, -0.1) is 0 Å². The first-order chi connectivity index (χ1) is 13.2. The molecule has 0 aliphatic carbocycles. The van der Waals surface area contributed by atoms with Crippen LogP contribution in [0.4, 0.5) is 0 Å². The Morgan fingerprint density at radius 2 is 2.00 bits per heavy atom. The molecule has 1 amide bonds. The normalized spacial score (nSPS) is 23.1. The van der Waals surface area contributed by atoms with Crippen LogP contribution in [0, 0.1) is 0 Å². The zero-order chi connectivity index (χ0) is 18.4. The second-order valence-electron chi connectivity index (χ2n) is 7.91. The lowest BCUT2D eigenvalue weighted by molar-refractivity contribution is -0.130. The van der Waals surface area contributed by atoms with Crippen molar-refractivity contribution in [3.05, 3.63) is 47.0 Å². The Morgan fingerprint density at radius 3 is 2.85 bits per heavy atom. The Hall–Kier alpha value is -2.40. The van der Waals surface area contributed by atoms with Gasteiger partial charge in [-0.25, -0.2) is 4.79 Å². The standard InChI is InChI=1S/C22H24N2O3/c25-20-7-3-11-24(20)17-4-2-10-23(13-17)12-15-8-9-16-14-27-22(26)19-6-1-5-18(15)21(16)19/h1,5-6,8-9,17H,2-4,7,10-14H2/t17-/m1/s1. The van der Waals surface area contributed by atoms with Gasteiger partial charge < -0.3 is 9.64 Å². The number of ether oxygens (including phenoxy) is 1. The van der Waals surface area contributed by atoms with Gasteiger partial charge >= 0.3 is 5.97 Å². The van der Waals surface area contributed by atoms with Gasteiger partial charge in [0.15, 0.2) is 0 Å². The fourth-order valence-corrected chi connectivity index (χ4v) is 4.91. The number of hydrogen-bond donors (Lipinski definition) is 0. The first-order valence-electron chi connectivity index (χ1n) is 9.93. The molecule has 0 N–H and O–H groups in total. The number of cyclic esters (lactones) is 1. The van der Waals surface area contributed by atoms with E-state index in [-0.39, 0.29) is 5.97 Å². The maximum absolute atomic E-state index is 12.1. The molecule has 0 saturated carbocycles. The molecule has 2 aromatic rings. The minimum absolute atomic E-state index is 0.226. The topological polar surface area (TPSA) is 49.9 Å². The van der Waals surface area contributed by atoms with Crippen LogP contribution in [-0.2, 0) is 22.7 Å². The number of rotatable bonds is 3. The highest BCUT2D eigenvalue weighted by atomic mass is 16.5. The third kappa shape index (κ3) is 2.90. The summed E-state index contributed by atoms with van der Waals surface area (Å²) in [5.74, 6) is 0.0952. The van der Waals surface area contributed by atoms with Crippen molar-refractivity contribution >= 4 is 22.6 Å². The zero-order valence-corrected chi connectivity index (χ0v) is 15.4. The molecule has 3 aliphatic rings. The summed E-state index contributed by atoms with van der Waals surface area (Å²) < 4.78 is 5.28. The first-order valence-corrected chi connectivity index (χ1v) is 9.93. The van der Waals surface area contributed by atoms with Gasteiger partial charge in [-0.2, -0.15) is 0 Å². The summed E-state index contributed by atoms with van der Waals surface area (Å²) in [4.78, 5) is 28.8. The highest BCUT2D eigenvalue weighted by Crippen LogP contribution is 2.32. The van der Waals surface area contributed by atoms with Gasteiger partial charge in [0.05, 0.1) is 5.56 Å². The van der Waals surface area contributed by atoms with Gasteiger partial charge in [-0.05, 0) is 48.4 Å². The van der Waals surface area contributed by atoms with Gasteiger partial charge in [0.25, 0.3) is 0 Å². The van der Waals surface area contributed by atoms with E-state index in [0.717, 1.165) is 61.8 Å². The van der Waals surface area contributed by atoms with Crippen LogP contribution in [0.25, 0.3) is 10.8 Å². The quantitative estimate of drug-likeness (QED) is 0.786. The molecule has 5 rings (SSSR count). The molecule has 2 aromatic carbocycles. The molecule has 0 spiro atoms. The van der Waals surface area contributed by atoms with E-state index < -0.39 is 0 Å². The molecule has 5 nitrogen and oxygen atoms in total. The van der Waals surface area contributed by atoms with Crippen molar-refractivity contribution in [1.82, 2.24) is 9.80 Å². The summed E-state index contributed by atoms with van der Waals surface area (Å²) in [7, 11) is 0. The number of esters is 1. The molecule has 2 saturated heterocycles. The van der Waals surface area contributed by atoms with Crippen LogP contribution < -0.4 is 0 Å². The molecule has 0 bridgehead atoms. The van der Waals surface area contributed by atoms with Crippen LogP contribution in [0.5, 0.6) is 0 Å². The van der Waals surface area contributed by atoms with Crippen LogP contribution >= 0.6 is 0 Å². The molecule has 2 fully saturated rings. The summed E-state index contributed by atoms with van der Waals surface area (Å²) in [5, 5.41) is 2.20. The fraction of sp³-hybridized carbons (Fsp3) is 0.455. The van der Waals surface area contributed by atoms with E-state index in [2.05, 4.69) is 28.0 Å². The third-order valence-electron chi connectivity index (χ3n) is 6.22. The number of benzene rings is 2. The molecule has 0 unspecified atom stereocenters. The van der Waals surface area contributed by atoms with E-state index in [1.807, 2.05) is 12.1 Å². The lowest BCUT2D eigenvalue weighted by Crippen LogP contribution is -2.48. The molecule has 3 aliphatic heterocycles. The average Bonchev–Trinajstić information content (AvgIpc) is 3.12. The first kappa shape index (κ1) is 16.8. The third-order valence-corrected chi connectivity index (χ3v) is 6.22. The Labute approximate surface area is 158 Å². The van der Waals surface area contributed by atoms with E-state index in [1.54, 1.807) is 0 Å². The predicted molar refractivity (Wildman–Crippen MR) is 102 cm³/mol. The number of hydrogen-bond acceptors (Lipinski definition) is 4. The van der Waals surface area contributed by atoms with Crippen LogP contribution in [0.1, 0.15) is 47.2 Å².